The Hall–Kier alpha value is -3.33. The van der Waals surface area contributed by atoms with Gasteiger partial charge in [0.15, 0.2) is 17.3 Å². The third-order valence-corrected chi connectivity index (χ3v) is 6.93. The summed E-state index contributed by atoms with van der Waals surface area (Å²) in [4.78, 5) is 17.9. The summed E-state index contributed by atoms with van der Waals surface area (Å²) < 4.78 is 18.3. The number of rotatable bonds is 7. The average molecular weight is 528 g/mol. The van der Waals surface area contributed by atoms with Gasteiger partial charge in [0.2, 0.25) is 4.96 Å². The quantitative estimate of drug-likeness (QED) is 0.294. The lowest BCUT2D eigenvalue weighted by Crippen LogP contribution is -2.23. The second kappa shape index (κ2) is 9.73. The Morgan fingerprint density at radius 3 is 2.63 bits per heavy atom. The predicted octanol–water partition coefficient (Wildman–Crippen LogP) is 5.07. The molecule has 0 aliphatic carbocycles. The van der Waals surface area contributed by atoms with Crippen LogP contribution < -0.4 is 19.6 Å². The van der Waals surface area contributed by atoms with Crippen molar-refractivity contribution in [3.8, 4) is 22.8 Å². The molecule has 0 amide bonds. The lowest BCUT2D eigenvalue weighted by molar-refractivity contribution is 0.354. The van der Waals surface area contributed by atoms with Crippen LogP contribution in [0.1, 0.15) is 17.1 Å². The van der Waals surface area contributed by atoms with Crippen LogP contribution in [0.25, 0.3) is 22.4 Å². The van der Waals surface area contributed by atoms with E-state index in [4.69, 9.17) is 37.1 Å². The summed E-state index contributed by atoms with van der Waals surface area (Å²) in [5.41, 5.74) is 1.50. The molecule has 3 aromatic heterocycles. The van der Waals surface area contributed by atoms with Gasteiger partial charge in [-0.2, -0.15) is 4.52 Å². The van der Waals surface area contributed by atoms with Crippen LogP contribution in [-0.4, -0.2) is 28.8 Å². The first-order valence-electron chi connectivity index (χ1n) is 10.6. The molecule has 10 heteroatoms. The molecule has 0 spiro atoms. The maximum absolute atomic E-state index is 12.9. The third-order valence-electron chi connectivity index (χ3n) is 5.40. The van der Waals surface area contributed by atoms with Crippen molar-refractivity contribution < 1.29 is 13.9 Å². The van der Waals surface area contributed by atoms with Crippen molar-refractivity contribution in [2.24, 2.45) is 0 Å². The Kier molecular flexibility index (Phi) is 6.51. The molecule has 5 aromatic rings. The fraction of sp³-hybridized carbons (Fsp3) is 0.160. The number of nitrogens with zero attached hydrogens (tertiary/aromatic N) is 3. The molecule has 0 saturated carbocycles. The van der Waals surface area contributed by atoms with Crippen LogP contribution in [0, 0.1) is 0 Å². The Bertz CT molecular complexity index is 1640. The largest absolute Gasteiger partial charge is 0.493 e. The molecule has 0 saturated heterocycles. The van der Waals surface area contributed by atoms with Gasteiger partial charge in [0, 0.05) is 23.1 Å². The van der Waals surface area contributed by atoms with E-state index < -0.39 is 0 Å². The van der Waals surface area contributed by atoms with Crippen molar-refractivity contribution in [2.45, 2.75) is 12.8 Å². The van der Waals surface area contributed by atoms with Gasteiger partial charge in [-0.15, -0.1) is 5.10 Å². The fourth-order valence-corrected chi connectivity index (χ4v) is 4.95. The van der Waals surface area contributed by atoms with Gasteiger partial charge in [-0.05, 0) is 54.4 Å². The predicted molar refractivity (Wildman–Crippen MR) is 137 cm³/mol. The van der Waals surface area contributed by atoms with Crippen LogP contribution in [0.3, 0.4) is 0 Å². The monoisotopic (exact) mass is 527 g/mol. The van der Waals surface area contributed by atoms with Crippen LogP contribution in [0.2, 0.25) is 10.0 Å². The summed E-state index contributed by atoms with van der Waals surface area (Å²) in [6, 6.07) is 14.5. The second-order valence-electron chi connectivity index (χ2n) is 7.65. The second-order valence-corrected chi connectivity index (χ2v) is 9.51. The number of aromatic nitrogens is 3. The first-order chi connectivity index (χ1) is 16.9. The van der Waals surface area contributed by atoms with Gasteiger partial charge in [-0.25, -0.2) is 4.98 Å². The summed E-state index contributed by atoms with van der Waals surface area (Å²) in [6.45, 7) is 0. The number of methoxy groups -OCH3 is 2. The molecular formula is C25H19Cl2N3O4S. The number of thiazole rings is 1. The van der Waals surface area contributed by atoms with E-state index >= 15 is 0 Å². The van der Waals surface area contributed by atoms with E-state index in [2.05, 4.69) is 10.1 Å². The minimum absolute atomic E-state index is 0.242. The van der Waals surface area contributed by atoms with E-state index in [0.717, 1.165) is 5.56 Å². The highest BCUT2D eigenvalue weighted by atomic mass is 35.5. The van der Waals surface area contributed by atoms with Crippen molar-refractivity contribution in [3.05, 3.63) is 90.6 Å². The Morgan fingerprint density at radius 1 is 1.03 bits per heavy atom. The molecule has 0 N–H and O–H groups in total. The van der Waals surface area contributed by atoms with Crippen molar-refractivity contribution >= 4 is 45.6 Å². The molecular weight excluding hydrogens is 509 g/mol. The number of furan rings is 1. The fourth-order valence-electron chi connectivity index (χ4n) is 3.66. The molecule has 35 heavy (non-hydrogen) atoms. The van der Waals surface area contributed by atoms with E-state index in [1.54, 1.807) is 50.6 Å². The molecule has 2 aromatic carbocycles. The number of ether oxygens (including phenoxy) is 2. The number of hydrogen-bond donors (Lipinski definition) is 0. The SMILES string of the molecule is COc1ccc(CCc2nc3s/c(=C\c4ccc(-c5cc(Cl)ccc5Cl)o4)c(=O)n3n2)cc1OC. The minimum Gasteiger partial charge on any atom is -0.493 e. The van der Waals surface area contributed by atoms with Crippen LogP contribution in [0.4, 0.5) is 0 Å². The zero-order chi connectivity index (χ0) is 24.5. The smallest absolute Gasteiger partial charge is 0.291 e. The first kappa shape index (κ1) is 23.4. The average Bonchev–Trinajstić information content (AvgIpc) is 3.56. The first-order valence-corrected chi connectivity index (χ1v) is 12.2. The zero-order valence-electron chi connectivity index (χ0n) is 18.7. The van der Waals surface area contributed by atoms with Gasteiger partial charge in [-0.3, -0.25) is 4.79 Å². The highest BCUT2D eigenvalue weighted by Gasteiger charge is 2.13. The Labute approximate surface area is 214 Å². The molecule has 0 fully saturated rings. The summed E-state index contributed by atoms with van der Waals surface area (Å²) in [5.74, 6) is 3.03. The van der Waals surface area contributed by atoms with Crippen molar-refractivity contribution in [2.75, 3.05) is 14.2 Å². The Balaban J connectivity index is 1.36. The highest BCUT2D eigenvalue weighted by molar-refractivity contribution is 7.15. The topological polar surface area (TPSA) is 78.9 Å². The van der Waals surface area contributed by atoms with Gasteiger partial charge < -0.3 is 13.9 Å². The normalized spacial score (nSPS) is 11.9. The van der Waals surface area contributed by atoms with Crippen LogP contribution in [-0.2, 0) is 12.8 Å². The molecule has 0 bridgehead atoms. The van der Waals surface area contributed by atoms with Crippen molar-refractivity contribution in [3.63, 3.8) is 0 Å². The van der Waals surface area contributed by atoms with Gasteiger partial charge in [-0.1, -0.05) is 40.6 Å². The molecule has 0 atom stereocenters. The van der Waals surface area contributed by atoms with Gasteiger partial charge in [0.1, 0.15) is 16.1 Å². The lowest BCUT2D eigenvalue weighted by Gasteiger charge is -2.08. The minimum atomic E-state index is -0.242. The van der Waals surface area contributed by atoms with Crippen molar-refractivity contribution in [1.29, 1.82) is 0 Å². The summed E-state index contributed by atoms with van der Waals surface area (Å²) in [5, 5.41) is 5.49. The summed E-state index contributed by atoms with van der Waals surface area (Å²) in [6.07, 6.45) is 2.96. The molecule has 178 valence electrons. The van der Waals surface area contributed by atoms with Gasteiger partial charge in [0.05, 0.1) is 19.2 Å². The molecule has 0 aliphatic heterocycles. The van der Waals surface area contributed by atoms with E-state index in [9.17, 15) is 4.79 Å². The zero-order valence-corrected chi connectivity index (χ0v) is 21.1. The van der Waals surface area contributed by atoms with Crippen LogP contribution >= 0.6 is 34.5 Å². The van der Waals surface area contributed by atoms with E-state index in [1.807, 2.05) is 18.2 Å². The van der Waals surface area contributed by atoms with Crippen molar-refractivity contribution in [1.82, 2.24) is 14.6 Å². The van der Waals surface area contributed by atoms with Crippen LogP contribution in [0.15, 0.2) is 57.7 Å². The van der Waals surface area contributed by atoms with Crippen LogP contribution in [0.5, 0.6) is 11.5 Å². The van der Waals surface area contributed by atoms with E-state index in [1.165, 1.54) is 15.9 Å². The molecule has 3 heterocycles. The summed E-state index contributed by atoms with van der Waals surface area (Å²) >= 11 is 13.6. The molecule has 7 nitrogen and oxygen atoms in total. The number of benzene rings is 2. The van der Waals surface area contributed by atoms with Gasteiger partial charge >= 0.3 is 0 Å². The highest BCUT2D eigenvalue weighted by Crippen LogP contribution is 2.32. The van der Waals surface area contributed by atoms with Gasteiger partial charge in [0.25, 0.3) is 5.56 Å². The maximum Gasteiger partial charge on any atom is 0.291 e. The number of hydrogen-bond acceptors (Lipinski definition) is 7. The number of fused-ring (bicyclic) bond motifs is 1. The number of aryl methyl sites for hydroxylation is 2. The molecule has 0 radical (unpaired) electrons. The van der Waals surface area contributed by atoms with E-state index in [-0.39, 0.29) is 5.56 Å². The number of halogens is 2. The molecule has 0 unspecified atom stereocenters. The Morgan fingerprint density at radius 2 is 1.86 bits per heavy atom. The molecule has 5 rings (SSSR count). The third kappa shape index (κ3) is 4.77. The molecule has 0 aliphatic rings. The standard InChI is InChI=1S/C25H19Cl2N3O4S/c1-32-20-8-3-14(11-21(20)33-2)4-10-23-28-25-30(29-23)24(31)22(35-25)13-16-6-9-19(34-16)17-12-15(26)5-7-18(17)27/h3,5-9,11-13H,4,10H2,1-2H3/b22-13-. The maximum atomic E-state index is 12.9. The summed E-state index contributed by atoms with van der Waals surface area (Å²) in [7, 11) is 3.21. The lowest BCUT2D eigenvalue weighted by atomic mass is 10.1. The van der Waals surface area contributed by atoms with E-state index in [0.29, 0.717) is 66.8 Å².